The predicted octanol–water partition coefficient (Wildman–Crippen LogP) is 3.78. The molecular formula is C23H30FIN4O2. The van der Waals surface area contributed by atoms with Gasteiger partial charge in [-0.25, -0.2) is 4.39 Å². The topological polar surface area (TPSA) is 57.2 Å². The summed E-state index contributed by atoms with van der Waals surface area (Å²) in [4.78, 5) is 20.6. The monoisotopic (exact) mass is 540 g/mol. The van der Waals surface area contributed by atoms with E-state index in [1.165, 1.54) is 24.3 Å². The maximum absolute atomic E-state index is 13.9. The molecule has 2 aromatic carbocycles. The minimum atomic E-state index is -0.381. The number of ether oxygens (including phenoxy) is 1. The number of rotatable bonds is 7. The van der Waals surface area contributed by atoms with Crippen LogP contribution in [0.15, 0.2) is 47.5 Å². The van der Waals surface area contributed by atoms with Crippen LogP contribution in [0.4, 0.5) is 4.39 Å². The van der Waals surface area contributed by atoms with Gasteiger partial charge in [0, 0.05) is 46.7 Å². The van der Waals surface area contributed by atoms with Gasteiger partial charge < -0.3 is 19.9 Å². The first kappa shape index (κ1) is 24.9. The van der Waals surface area contributed by atoms with Crippen LogP contribution in [0.2, 0.25) is 0 Å². The van der Waals surface area contributed by atoms with Crippen LogP contribution in [0, 0.1) is 5.82 Å². The Morgan fingerprint density at radius 1 is 1.23 bits per heavy atom. The van der Waals surface area contributed by atoms with Crippen LogP contribution in [-0.2, 0) is 24.4 Å². The fraction of sp³-hybridized carbons (Fsp3) is 0.391. The third-order valence-electron chi connectivity index (χ3n) is 5.25. The summed E-state index contributed by atoms with van der Waals surface area (Å²) >= 11 is 0. The number of amides is 1. The molecule has 0 aliphatic carbocycles. The number of hydrogen-bond acceptors (Lipinski definition) is 3. The van der Waals surface area contributed by atoms with Crippen molar-refractivity contribution in [3.8, 4) is 5.75 Å². The molecule has 2 aromatic rings. The van der Waals surface area contributed by atoms with Crippen molar-refractivity contribution in [2.45, 2.75) is 32.5 Å². The van der Waals surface area contributed by atoms with E-state index < -0.39 is 0 Å². The van der Waals surface area contributed by atoms with Crippen LogP contribution in [0.3, 0.4) is 0 Å². The summed E-state index contributed by atoms with van der Waals surface area (Å²) in [5, 5.41) is 3.28. The molecule has 0 fully saturated rings. The Morgan fingerprint density at radius 3 is 2.48 bits per heavy atom. The average molecular weight is 540 g/mol. The highest BCUT2D eigenvalue weighted by atomic mass is 127. The zero-order chi connectivity index (χ0) is 21.5. The number of aliphatic imine (C=N–C) groups is 1. The molecule has 1 aliphatic heterocycles. The van der Waals surface area contributed by atoms with Gasteiger partial charge in [0.1, 0.15) is 0 Å². The summed E-state index contributed by atoms with van der Waals surface area (Å²) in [5.74, 6) is 0.723. The van der Waals surface area contributed by atoms with Gasteiger partial charge in [-0.15, -0.1) is 24.0 Å². The number of halogens is 2. The lowest BCUT2D eigenvalue weighted by atomic mass is 10.1. The Bertz CT molecular complexity index is 897. The van der Waals surface area contributed by atoms with Crippen LogP contribution in [0.5, 0.6) is 5.75 Å². The lowest BCUT2D eigenvalue weighted by Crippen LogP contribution is -2.39. The van der Waals surface area contributed by atoms with Crippen molar-refractivity contribution >= 4 is 35.8 Å². The maximum Gasteiger partial charge on any atom is 0.223 e. The normalized spacial score (nSPS) is 12.8. The minimum absolute atomic E-state index is 0. The molecule has 0 saturated carbocycles. The van der Waals surface area contributed by atoms with Gasteiger partial charge in [0.25, 0.3) is 0 Å². The van der Waals surface area contributed by atoms with E-state index in [2.05, 4.69) is 22.4 Å². The Balaban J connectivity index is 0.00000341. The van der Waals surface area contributed by atoms with Crippen LogP contribution in [0.1, 0.15) is 29.5 Å². The van der Waals surface area contributed by atoms with Crippen molar-refractivity contribution in [1.82, 2.24) is 15.1 Å². The lowest BCUT2D eigenvalue weighted by molar-refractivity contribution is -0.131. The van der Waals surface area contributed by atoms with E-state index in [0.29, 0.717) is 38.6 Å². The highest BCUT2D eigenvalue weighted by molar-refractivity contribution is 14.0. The summed E-state index contributed by atoms with van der Waals surface area (Å²) < 4.78 is 18.9. The molecule has 6 nitrogen and oxygen atoms in total. The van der Waals surface area contributed by atoms with Gasteiger partial charge in [0.15, 0.2) is 17.5 Å². The standard InChI is InChI=1S/C23H29FN4O2.HI/c1-25-23(27(2)14-17-10-11-21(30-3)20(24)13-17)26-12-6-9-22(29)28-15-18-7-4-5-8-19(18)16-28;/h4-5,7-8,10-11,13H,6,9,12,14-16H2,1-3H3,(H,25,26);1H. The van der Waals surface area contributed by atoms with Gasteiger partial charge in [0.05, 0.1) is 7.11 Å². The van der Waals surface area contributed by atoms with Gasteiger partial charge in [-0.3, -0.25) is 9.79 Å². The van der Waals surface area contributed by atoms with Crippen LogP contribution in [0.25, 0.3) is 0 Å². The molecule has 1 N–H and O–H groups in total. The highest BCUT2D eigenvalue weighted by Crippen LogP contribution is 2.23. The van der Waals surface area contributed by atoms with Gasteiger partial charge >= 0.3 is 0 Å². The average Bonchev–Trinajstić information content (AvgIpc) is 3.18. The summed E-state index contributed by atoms with van der Waals surface area (Å²) in [6.07, 6.45) is 1.21. The van der Waals surface area contributed by atoms with Gasteiger partial charge in [-0.2, -0.15) is 0 Å². The molecule has 0 aromatic heterocycles. The lowest BCUT2D eigenvalue weighted by Gasteiger charge is -2.22. The number of nitrogens with zero attached hydrogens (tertiary/aromatic N) is 3. The molecule has 0 radical (unpaired) electrons. The van der Waals surface area contributed by atoms with Gasteiger partial charge in [-0.1, -0.05) is 30.3 Å². The van der Waals surface area contributed by atoms with Crippen molar-refractivity contribution < 1.29 is 13.9 Å². The van der Waals surface area contributed by atoms with Crippen molar-refractivity contribution in [3.05, 3.63) is 65.0 Å². The molecule has 8 heteroatoms. The summed E-state index contributed by atoms with van der Waals surface area (Å²) in [5.41, 5.74) is 3.30. The molecule has 1 heterocycles. The number of hydrogen-bond donors (Lipinski definition) is 1. The maximum atomic E-state index is 13.9. The van der Waals surface area contributed by atoms with Gasteiger partial charge in [-0.05, 0) is 35.2 Å². The van der Waals surface area contributed by atoms with Crippen LogP contribution in [-0.4, -0.2) is 49.4 Å². The molecule has 31 heavy (non-hydrogen) atoms. The number of fused-ring (bicyclic) bond motifs is 1. The number of nitrogens with one attached hydrogen (secondary N) is 1. The molecule has 168 valence electrons. The Hall–Kier alpha value is -2.36. The summed E-state index contributed by atoms with van der Waals surface area (Å²) in [6.45, 7) is 2.54. The first-order valence-corrected chi connectivity index (χ1v) is 10.1. The number of carbonyl (C=O) groups excluding carboxylic acids is 1. The van der Waals surface area contributed by atoms with E-state index in [-0.39, 0.29) is 41.5 Å². The number of methoxy groups -OCH3 is 1. The smallest absolute Gasteiger partial charge is 0.223 e. The second kappa shape index (κ2) is 11.9. The summed E-state index contributed by atoms with van der Waals surface area (Å²) in [7, 11) is 5.05. The Morgan fingerprint density at radius 2 is 1.90 bits per heavy atom. The Labute approximate surface area is 200 Å². The minimum Gasteiger partial charge on any atom is -0.494 e. The van der Waals surface area contributed by atoms with E-state index >= 15 is 0 Å². The van der Waals surface area contributed by atoms with E-state index in [1.54, 1.807) is 13.1 Å². The fourth-order valence-corrected chi connectivity index (χ4v) is 3.65. The Kier molecular flexibility index (Phi) is 9.54. The van der Waals surface area contributed by atoms with E-state index in [9.17, 15) is 9.18 Å². The number of guanidine groups is 1. The van der Waals surface area contributed by atoms with Crippen molar-refractivity contribution in [3.63, 3.8) is 0 Å². The second-order valence-electron chi connectivity index (χ2n) is 7.42. The zero-order valence-corrected chi connectivity index (χ0v) is 20.6. The van der Waals surface area contributed by atoms with Crippen LogP contribution < -0.4 is 10.1 Å². The quantitative estimate of drug-likeness (QED) is 0.252. The molecule has 1 aliphatic rings. The first-order chi connectivity index (χ1) is 14.5. The third kappa shape index (κ3) is 6.56. The predicted molar refractivity (Wildman–Crippen MR) is 131 cm³/mol. The van der Waals surface area contributed by atoms with Crippen molar-refractivity contribution in [2.75, 3.05) is 27.7 Å². The fourth-order valence-electron chi connectivity index (χ4n) is 3.65. The van der Waals surface area contributed by atoms with Crippen molar-refractivity contribution in [2.24, 2.45) is 4.99 Å². The van der Waals surface area contributed by atoms with Crippen molar-refractivity contribution in [1.29, 1.82) is 0 Å². The highest BCUT2D eigenvalue weighted by Gasteiger charge is 2.22. The van der Waals surface area contributed by atoms with E-state index in [1.807, 2.05) is 35.0 Å². The molecule has 1 amide bonds. The molecule has 3 rings (SSSR count). The third-order valence-corrected chi connectivity index (χ3v) is 5.25. The zero-order valence-electron chi connectivity index (χ0n) is 18.2. The SMILES string of the molecule is CN=C(NCCCC(=O)N1Cc2ccccc2C1)N(C)Cc1ccc(OC)c(F)c1.I. The first-order valence-electron chi connectivity index (χ1n) is 10.1. The largest absolute Gasteiger partial charge is 0.494 e. The molecule has 0 atom stereocenters. The molecule has 0 unspecified atom stereocenters. The van der Waals surface area contributed by atoms with E-state index in [0.717, 1.165) is 12.0 Å². The number of carbonyl (C=O) groups is 1. The molecular weight excluding hydrogens is 510 g/mol. The number of benzene rings is 2. The van der Waals surface area contributed by atoms with Gasteiger partial charge in [0.2, 0.25) is 5.91 Å². The van der Waals surface area contributed by atoms with Crippen LogP contribution >= 0.6 is 24.0 Å². The molecule has 0 spiro atoms. The molecule has 0 bridgehead atoms. The van der Waals surface area contributed by atoms with E-state index in [4.69, 9.17) is 4.74 Å². The molecule has 0 saturated heterocycles. The second-order valence-corrected chi connectivity index (χ2v) is 7.42. The summed E-state index contributed by atoms with van der Waals surface area (Å²) in [6, 6.07) is 13.1.